The highest BCUT2D eigenvalue weighted by Crippen LogP contribution is 2.32. The molecule has 1 fully saturated rings. The lowest BCUT2D eigenvalue weighted by Gasteiger charge is -2.26. The Morgan fingerprint density at radius 3 is 2.87 bits per heavy atom. The second kappa shape index (κ2) is 8.53. The zero-order valence-corrected chi connectivity index (χ0v) is 17.1. The Kier molecular flexibility index (Phi) is 5.83. The highest BCUT2D eigenvalue weighted by Gasteiger charge is 2.34. The molecule has 3 atom stereocenters. The van der Waals surface area contributed by atoms with E-state index in [9.17, 15) is 14.3 Å². The zero-order chi connectivity index (χ0) is 21.3. The van der Waals surface area contributed by atoms with Gasteiger partial charge in [0.1, 0.15) is 17.6 Å². The van der Waals surface area contributed by atoms with Crippen molar-refractivity contribution in [3.8, 4) is 11.5 Å². The number of hydrogen-bond acceptors (Lipinski definition) is 5. The van der Waals surface area contributed by atoms with Gasteiger partial charge in [-0.2, -0.15) is 0 Å². The second-order valence-electron chi connectivity index (χ2n) is 7.83. The lowest BCUT2D eigenvalue weighted by atomic mass is 10.1. The Bertz CT molecular complexity index is 1020. The van der Waals surface area contributed by atoms with Crippen LogP contribution in [0.3, 0.4) is 0 Å². The van der Waals surface area contributed by atoms with Gasteiger partial charge in [-0.15, -0.1) is 0 Å². The average molecular weight is 411 g/mol. The SMILES string of the molecule is CCNC(O)[C@H]1CC[C@@H](N(C)C(=O)c2ccc(-c3nc4ccccc4o3)cc2F)C1. The molecule has 3 aromatic rings. The van der Waals surface area contributed by atoms with Crippen LogP contribution in [-0.4, -0.2) is 46.8 Å². The van der Waals surface area contributed by atoms with E-state index in [1.165, 1.54) is 12.1 Å². The van der Waals surface area contributed by atoms with Crippen molar-refractivity contribution >= 4 is 17.0 Å². The molecule has 1 unspecified atom stereocenters. The van der Waals surface area contributed by atoms with Gasteiger partial charge in [-0.1, -0.05) is 19.1 Å². The molecule has 1 amide bonds. The van der Waals surface area contributed by atoms with Crippen molar-refractivity contribution in [2.45, 2.75) is 38.5 Å². The number of nitrogens with one attached hydrogen (secondary N) is 1. The Morgan fingerprint density at radius 1 is 1.33 bits per heavy atom. The molecule has 0 aliphatic heterocycles. The van der Waals surface area contributed by atoms with Gasteiger partial charge >= 0.3 is 0 Å². The summed E-state index contributed by atoms with van der Waals surface area (Å²) in [4.78, 5) is 18.9. The number of carbonyl (C=O) groups is 1. The molecule has 1 saturated carbocycles. The van der Waals surface area contributed by atoms with E-state index in [2.05, 4.69) is 10.3 Å². The van der Waals surface area contributed by atoms with Crippen LogP contribution in [0.25, 0.3) is 22.6 Å². The number of halogens is 1. The molecule has 0 spiro atoms. The number of nitrogens with zero attached hydrogens (tertiary/aromatic N) is 2. The van der Waals surface area contributed by atoms with Crippen molar-refractivity contribution < 1.29 is 18.7 Å². The summed E-state index contributed by atoms with van der Waals surface area (Å²) in [6.45, 7) is 2.63. The molecule has 4 rings (SSSR count). The Balaban J connectivity index is 1.49. The zero-order valence-electron chi connectivity index (χ0n) is 17.1. The summed E-state index contributed by atoms with van der Waals surface area (Å²) >= 11 is 0. The van der Waals surface area contributed by atoms with Crippen molar-refractivity contribution in [1.29, 1.82) is 0 Å². The Hall–Kier alpha value is -2.77. The molecule has 1 heterocycles. The molecule has 0 radical (unpaired) electrons. The number of para-hydroxylation sites is 2. The van der Waals surface area contributed by atoms with Gasteiger partial charge in [-0.05, 0) is 56.1 Å². The Labute approximate surface area is 174 Å². The van der Waals surface area contributed by atoms with Gasteiger partial charge in [0.05, 0.1) is 5.56 Å². The lowest BCUT2D eigenvalue weighted by molar-refractivity contribution is 0.0647. The molecule has 2 N–H and O–H groups in total. The van der Waals surface area contributed by atoms with Crippen LogP contribution in [0, 0.1) is 11.7 Å². The predicted molar refractivity (Wildman–Crippen MR) is 112 cm³/mol. The van der Waals surface area contributed by atoms with Crippen LogP contribution < -0.4 is 5.32 Å². The van der Waals surface area contributed by atoms with Crippen LogP contribution in [0.15, 0.2) is 46.9 Å². The van der Waals surface area contributed by atoms with Gasteiger partial charge in [0.15, 0.2) is 5.58 Å². The van der Waals surface area contributed by atoms with E-state index < -0.39 is 12.0 Å². The van der Waals surface area contributed by atoms with E-state index in [1.807, 2.05) is 25.1 Å². The average Bonchev–Trinajstić information content (AvgIpc) is 3.40. The predicted octanol–water partition coefficient (Wildman–Crippen LogP) is 3.80. The van der Waals surface area contributed by atoms with Crippen molar-refractivity contribution in [3.05, 3.63) is 53.8 Å². The van der Waals surface area contributed by atoms with Crippen LogP contribution in [-0.2, 0) is 0 Å². The molecule has 1 aliphatic rings. The van der Waals surface area contributed by atoms with E-state index in [-0.39, 0.29) is 23.4 Å². The monoisotopic (exact) mass is 411 g/mol. The third-order valence-electron chi connectivity index (χ3n) is 5.91. The Morgan fingerprint density at radius 2 is 2.13 bits per heavy atom. The molecule has 158 valence electrons. The number of rotatable bonds is 6. The van der Waals surface area contributed by atoms with Crippen LogP contribution in [0.4, 0.5) is 4.39 Å². The third-order valence-corrected chi connectivity index (χ3v) is 5.91. The molecule has 7 heteroatoms. The second-order valence-corrected chi connectivity index (χ2v) is 7.83. The van der Waals surface area contributed by atoms with Crippen LogP contribution in [0.5, 0.6) is 0 Å². The van der Waals surface area contributed by atoms with E-state index in [1.54, 1.807) is 24.1 Å². The van der Waals surface area contributed by atoms with Gasteiger partial charge in [-0.25, -0.2) is 9.37 Å². The summed E-state index contributed by atoms with van der Waals surface area (Å²) < 4.78 is 20.5. The van der Waals surface area contributed by atoms with Crippen LogP contribution >= 0.6 is 0 Å². The molecule has 1 aliphatic carbocycles. The number of fused-ring (bicyclic) bond motifs is 1. The number of aliphatic hydroxyl groups excluding tert-OH is 1. The fourth-order valence-corrected chi connectivity index (χ4v) is 4.18. The highest BCUT2D eigenvalue weighted by molar-refractivity contribution is 5.95. The number of aliphatic hydroxyl groups is 1. The summed E-state index contributed by atoms with van der Waals surface area (Å²) in [6, 6.07) is 11.7. The lowest BCUT2D eigenvalue weighted by Crippen LogP contribution is -2.38. The van der Waals surface area contributed by atoms with E-state index in [4.69, 9.17) is 4.42 Å². The first-order chi connectivity index (χ1) is 14.5. The summed E-state index contributed by atoms with van der Waals surface area (Å²) in [5.41, 5.74) is 1.83. The molecule has 0 saturated heterocycles. The number of hydrogen-bond donors (Lipinski definition) is 2. The van der Waals surface area contributed by atoms with Gasteiger partial charge in [0, 0.05) is 24.6 Å². The minimum absolute atomic E-state index is 0.0213. The maximum absolute atomic E-state index is 14.8. The summed E-state index contributed by atoms with van der Waals surface area (Å²) in [5, 5.41) is 13.2. The van der Waals surface area contributed by atoms with E-state index in [0.29, 0.717) is 35.5 Å². The van der Waals surface area contributed by atoms with Crippen LogP contribution in [0.2, 0.25) is 0 Å². The minimum atomic E-state index is -0.603. The molecular weight excluding hydrogens is 385 g/mol. The minimum Gasteiger partial charge on any atom is -0.436 e. The fourth-order valence-electron chi connectivity index (χ4n) is 4.18. The highest BCUT2D eigenvalue weighted by atomic mass is 19.1. The van der Waals surface area contributed by atoms with Gasteiger partial charge in [-0.3, -0.25) is 10.1 Å². The number of benzene rings is 2. The smallest absolute Gasteiger partial charge is 0.256 e. The molecule has 1 aromatic heterocycles. The summed E-state index contributed by atoms with van der Waals surface area (Å²) in [7, 11) is 1.70. The summed E-state index contributed by atoms with van der Waals surface area (Å²) in [5.74, 6) is -0.552. The van der Waals surface area contributed by atoms with Crippen molar-refractivity contribution in [3.63, 3.8) is 0 Å². The number of carbonyl (C=O) groups excluding carboxylic acids is 1. The maximum Gasteiger partial charge on any atom is 0.256 e. The number of aromatic nitrogens is 1. The van der Waals surface area contributed by atoms with Gasteiger partial charge in [0.25, 0.3) is 5.91 Å². The maximum atomic E-state index is 14.8. The topological polar surface area (TPSA) is 78.6 Å². The van der Waals surface area contributed by atoms with Crippen molar-refractivity contribution in [1.82, 2.24) is 15.2 Å². The summed E-state index contributed by atoms with van der Waals surface area (Å²) in [6.07, 6.45) is 1.74. The van der Waals surface area contributed by atoms with Gasteiger partial charge in [0.2, 0.25) is 5.89 Å². The third kappa shape index (κ3) is 3.95. The molecule has 2 aromatic carbocycles. The molecular formula is C23H26FN3O3. The largest absolute Gasteiger partial charge is 0.436 e. The first kappa shape index (κ1) is 20.5. The number of amides is 1. The normalized spacial score (nSPS) is 19.9. The first-order valence-corrected chi connectivity index (χ1v) is 10.3. The van der Waals surface area contributed by atoms with Gasteiger partial charge < -0.3 is 14.4 Å². The number of oxazole rings is 1. The van der Waals surface area contributed by atoms with E-state index >= 15 is 0 Å². The van der Waals surface area contributed by atoms with Crippen molar-refractivity contribution in [2.24, 2.45) is 5.92 Å². The first-order valence-electron chi connectivity index (χ1n) is 10.3. The quantitative estimate of drug-likeness (QED) is 0.603. The van der Waals surface area contributed by atoms with Crippen molar-refractivity contribution in [2.75, 3.05) is 13.6 Å². The molecule has 30 heavy (non-hydrogen) atoms. The van der Waals surface area contributed by atoms with Crippen LogP contribution in [0.1, 0.15) is 36.5 Å². The fraction of sp³-hybridized carbons (Fsp3) is 0.391. The molecule has 6 nitrogen and oxygen atoms in total. The van der Waals surface area contributed by atoms with E-state index in [0.717, 1.165) is 12.8 Å². The molecule has 0 bridgehead atoms. The standard InChI is InChI=1S/C23H26FN3O3/c1-3-25-21(28)14-8-10-16(12-14)27(2)23(29)17-11-9-15(13-18(17)24)22-26-19-6-4-5-7-20(19)30-22/h4-7,9,11,13-14,16,21,25,28H,3,8,10,12H2,1-2H3/t14-,16+,21?/m0/s1.